The maximum absolute atomic E-state index is 6.05. The van der Waals surface area contributed by atoms with Gasteiger partial charge in [0.1, 0.15) is 12.4 Å². The van der Waals surface area contributed by atoms with E-state index in [1.807, 2.05) is 24.3 Å². The zero-order chi connectivity index (χ0) is 17.7. The van der Waals surface area contributed by atoms with Gasteiger partial charge in [-0.3, -0.25) is 0 Å². The van der Waals surface area contributed by atoms with Gasteiger partial charge in [0.2, 0.25) is 0 Å². The van der Waals surface area contributed by atoms with Gasteiger partial charge < -0.3 is 10.1 Å². The van der Waals surface area contributed by atoms with Crippen molar-refractivity contribution in [1.82, 2.24) is 5.32 Å². The molecule has 1 fully saturated rings. The smallest absolute Gasteiger partial charge is 0.120 e. The maximum atomic E-state index is 6.05. The Kier molecular flexibility index (Phi) is 5.60. The molecule has 0 saturated carbocycles. The molecule has 1 aliphatic heterocycles. The highest BCUT2D eigenvalue weighted by molar-refractivity contribution is 5.35. The summed E-state index contributed by atoms with van der Waals surface area (Å²) in [6.45, 7) is 10.3. The second kappa shape index (κ2) is 7.88. The highest BCUT2D eigenvalue weighted by Crippen LogP contribution is 2.40. The van der Waals surface area contributed by atoms with Crippen LogP contribution < -0.4 is 10.1 Å². The number of nitrogens with one attached hydrogen (secondary N) is 1. The molecule has 0 bridgehead atoms. The van der Waals surface area contributed by atoms with Crippen molar-refractivity contribution >= 4 is 0 Å². The SMILES string of the molecule is C=CC[C@H]1C[C@@](C)(c2cccc(OCc3ccccc3)c2)[C@@H](C)CN1. The van der Waals surface area contributed by atoms with E-state index in [-0.39, 0.29) is 5.41 Å². The van der Waals surface area contributed by atoms with E-state index in [0.29, 0.717) is 18.6 Å². The van der Waals surface area contributed by atoms with Gasteiger partial charge in [0.25, 0.3) is 0 Å². The minimum atomic E-state index is 0.158. The third kappa shape index (κ3) is 4.13. The summed E-state index contributed by atoms with van der Waals surface area (Å²) in [5, 5.41) is 3.65. The Hall–Kier alpha value is -2.06. The lowest BCUT2D eigenvalue weighted by Crippen LogP contribution is -2.50. The Morgan fingerprint density at radius 3 is 2.76 bits per heavy atom. The normalized spacial score (nSPS) is 26.2. The Morgan fingerprint density at radius 2 is 2.00 bits per heavy atom. The lowest BCUT2D eigenvalue weighted by Gasteiger charge is -2.44. The first-order valence-electron chi connectivity index (χ1n) is 9.23. The van der Waals surface area contributed by atoms with E-state index in [1.54, 1.807) is 0 Å². The predicted molar refractivity (Wildman–Crippen MR) is 105 cm³/mol. The van der Waals surface area contributed by atoms with Crippen molar-refractivity contribution in [3.63, 3.8) is 0 Å². The summed E-state index contributed by atoms with van der Waals surface area (Å²) in [6.07, 6.45) is 4.17. The molecular weight excluding hydrogens is 306 g/mol. The summed E-state index contributed by atoms with van der Waals surface area (Å²) in [7, 11) is 0. The molecule has 25 heavy (non-hydrogen) atoms. The van der Waals surface area contributed by atoms with Crippen molar-refractivity contribution in [3.05, 3.63) is 78.4 Å². The largest absolute Gasteiger partial charge is 0.489 e. The minimum Gasteiger partial charge on any atom is -0.489 e. The molecule has 2 nitrogen and oxygen atoms in total. The molecule has 0 amide bonds. The third-order valence-corrected chi connectivity index (χ3v) is 5.66. The molecule has 1 heterocycles. The standard InChI is InChI=1S/C23H29NO/c1-4-9-21-15-23(3,18(2)16-24-21)20-12-8-13-22(14-20)25-17-19-10-6-5-7-11-19/h4-8,10-14,18,21,24H,1,9,15-17H2,2-3H3/t18-,21-,23+/m0/s1. The Balaban J connectivity index is 1.76. The zero-order valence-corrected chi connectivity index (χ0v) is 15.4. The summed E-state index contributed by atoms with van der Waals surface area (Å²) < 4.78 is 6.05. The van der Waals surface area contributed by atoms with Crippen LogP contribution in [0, 0.1) is 5.92 Å². The van der Waals surface area contributed by atoms with E-state index in [0.717, 1.165) is 25.1 Å². The Bertz CT molecular complexity index is 696. The van der Waals surface area contributed by atoms with Crippen molar-refractivity contribution in [2.24, 2.45) is 5.92 Å². The van der Waals surface area contributed by atoms with Gasteiger partial charge in [-0.25, -0.2) is 0 Å². The molecule has 132 valence electrons. The van der Waals surface area contributed by atoms with E-state index in [9.17, 15) is 0 Å². The van der Waals surface area contributed by atoms with Gasteiger partial charge in [-0.05, 0) is 54.0 Å². The summed E-state index contributed by atoms with van der Waals surface area (Å²) in [5.74, 6) is 1.53. The quantitative estimate of drug-likeness (QED) is 0.742. The van der Waals surface area contributed by atoms with Crippen molar-refractivity contribution in [1.29, 1.82) is 0 Å². The summed E-state index contributed by atoms with van der Waals surface area (Å²) >= 11 is 0. The number of hydrogen-bond acceptors (Lipinski definition) is 2. The van der Waals surface area contributed by atoms with Crippen LogP contribution in [0.2, 0.25) is 0 Å². The molecule has 2 heteroatoms. The molecule has 2 aromatic carbocycles. The second-order valence-electron chi connectivity index (χ2n) is 7.45. The minimum absolute atomic E-state index is 0.158. The number of hydrogen-bond donors (Lipinski definition) is 1. The first-order chi connectivity index (χ1) is 12.1. The fourth-order valence-electron chi connectivity index (χ4n) is 3.81. The average molecular weight is 335 g/mol. The number of rotatable bonds is 6. The maximum Gasteiger partial charge on any atom is 0.120 e. The van der Waals surface area contributed by atoms with Crippen molar-refractivity contribution < 1.29 is 4.74 Å². The number of piperidine rings is 1. The Labute approximate surface area is 151 Å². The van der Waals surface area contributed by atoms with Gasteiger partial charge in [-0.15, -0.1) is 6.58 Å². The molecule has 0 unspecified atom stereocenters. The molecule has 0 aliphatic carbocycles. The van der Waals surface area contributed by atoms with Crippen LogP contribution in [-0.4, -0.2) is 12.6 Å². The fourth-order valence-corrected chi connectivity index (χ4v) is 3.81. The molecule has 1 N–H and O–H groups in total. The molecule has 0 aromatic heterocycles. The van der Waals surface area contributed by atoms with E-state index < -0.39 is 0 Å². The second-order valence-corrected chi connectivity index (χ2v) is 7.45. The topological polar surface area (TPSA) is 21.3 Å². The van der Waals surface area contributed by atoms with Crippen molar-refractivity contribution in [3.8, 4) is 5.75 Å². The van der Waals surface area contributed by atoms with Gasteiger partial charge in [0.15, 0.2) is 0 Å². The van der Waals surface area contributed by atoms with Crippen LogP contribution in [0.5, 0.6) is 5.75 Å². The Morgan fingerprint density at radius 1 is 1.20 bits per heavy atom. The molecule has 2 aromatic rings. The predicted octanol–water partition coefficient (Wildman–Crippen LogP) is 5.10. The molecule has 1 aliphatic rings. The highest BCUT2D eigenvalue weighted by atomic mass is 16.5. The summed E-state index contributed by atoms with van der Waals surface area (Å²) in [6, 6.07) is 19.5. The van der Waals surface area contributed by atoms with Crippen LogP contribution in [0.4, 0.5) is 0 Å². The molecule has 3 atom stereocenters. The van der Waals surface area contributed by atoms with E-state index in [1.165, 1.54) is 11.1 Å². The summed E-state index contributed by atoms with van der Waals surface area (Å²) in [4.78, 5) is 0. The number of benzene rings is 2. The molecule has 1 saturated heterocycles. The number of ether oxygens (including phenoxy) is 1. The summed E-state index contributed by atoms with van der Waals surface area (Å²) in [5.41, 5.74) is 2.73. The molecule has 3 rings (SSSR count). The van der Waals surface area contributed by atoms with Crippen LogP contribution in [0.1, 0.15) is 37.8 Å². The lowest BCUT2D eigenvalue weighted by molar-refractivity contribution is 0.193. The monoisotopic (exact) mass is 335 g/mol. The first kappa shape index (κ1) is 17.8. The van der Waals surface area contributed by atoms with E-state index >= 15 is 0 Å². The van der Waals surface area contributed by atoms with Gasteiger partial charge in [-0.1, -0.05) is 62.4 Å². The fraction of sp³-hybridized carbons (Fsp3) is 0.391. The van der Waals surface area contributed by atoms with Gasteiger partial charge in [0, 0.05) is 6.04 Å². The average Bonchev–Trinajstić information content (AvgIpc) is 2.64. The lowest BCUT2D eigenvalue weighted by atomic mass is 9.66. The van der Waals surface area contributed by atoms with Crippen LogP contribution in [-0.2, 0) is 12.0 Å². The van der Waals surface area contributed by atoms with Crippen LogP contribution >= 0.6 is 0 Å². The molecule has 0 radical (unpaired) electrons. The van der Waals surface area contributed by atoms with Gasteiger partial charge in [0.05, 0.1) is 0 Å². The van der Waals surface area contributed by atoms with Crippen LogP contribution in [0.3, 0.4) is 0 Å². The van der Waals surface area contributed by atoms with E-state index in [2.05, 4.69) is 62.1 Å². The van der Waals surface area contributed by atoms with Crippen molar-refractivity contribution in [2.45, 2.75) is 44.8 Å². The molecule has 0 spiro atoms. The van der Waals surface area contributed by atoms with Crippen LogP contribution in [0.15, 0.2) is 67.3 Å². The van der Waals surface area contributed by atoms with Crippen LogP contribution in [0.25, 0.3) is 0 Å². The van der Waals surface area contributed by atoms with Gasteiger partial charge in [-0.2, -0.15) is 0 Å². The molecular formula is C23H29NO. The van der Waals surface area contributed by atoms with E-state index in [4.69, 9.17) is 4.74 Å². The highest BCUT2D eigenvalue weighted by Gasteiger charge is 2.38. The third-order valence-electron chi connectivity index (χ3n) is 5.66. The zero-order valence-electron chi connectivity index (χ0n) is 15.4. The first-order valence-corrected chi connectivity index (χ1v) is 9.23. The van der Waals surface area contributed by atoms with Gasteiger partial charge >= 0.3 is 0 Å². The van der Waals surface area contributed by atoms with Crippen molar-refractivity contribution in [2.75, 3.05) is 6.54 Å².